The molecule has 7 nitrogen and oxygen atoms in total. The lowest BCUT2D eigenvalue weighted by Crippen LogP contribution is -2.26. The van der Waals surface area contributed by atoms with Gasteiger partial charge in [-0.3, -0.25) is 0 Å². The van der Waals surface area contributed by atoms with Crippen LogP contribution in [0.1, 0.15) is 26.3 Å². The van der Waals surface area contributed by atoms with Gasteiger partial charge in [0.05, 0.1) is 0 Å². The smallest absolute Gasteiger partial charge is 0.420 e. The van der Waals surface area contributed by atoms with Crippen LogP contribution in [0, 0.1) is 6.92 Å². The van der Waals surface area contributed by atoms with Crippen LogP contribution in [-0.2, 0) is 4.74 Å². The maximum absolute atomic E-state index is 12.7. The molecule has 4 rings (SSSR count). The van der Waals surface area contributed by atoms with Crippen molar-refractivity contribution in [1.29, 1.82) is 0 Å². The lowest BCUT2D eigenvalue weighted by atomic mass is 10.0. The molecule has 27 heavy (non-hydrogen) atoms. The van der Waals surface area contributed by atoms with Crippen LogP contribution >= 0.6 is 0 Å². The first kappa shape index (κ1) is 17.1. The highest BCUT2D eigenvalue weighted by Crippen LogP contribution is 2.34. The quantitative estimate of drug-likeness (QED) is 0.533. The topological polar surface area (TPSA) is 96.2 Å². The van der Waals surface area contributed by atoms with E-state index in [1.54, 1.807) is 12.4 Å². The number of carbonyl (C=O) groups excluding carboxylic acids is 1. The van der Waals surface area contributed by atoms with Crippen LogP contribution in [0.2, 0.25) is 0 Å². The summed E-state index contributed by atoms with van der Waals surface area (Å²) in [5.74, 6) is 0. The van der Waals surface area contributed by atoms with Crippen molar-refractivity contribution >= 4 is 34.2 Å². The summed E-state index contributed by atoms with van der Waals surface area (Å²) in [5, 5.41) is 0.888. The maximum Gasteiger partial charge on any atom is 0.420 e. The SMILES string of the molecule is Cc1ccnc2c1c(-c1ccc3oc(N)nc3c1)cn2C(=O)OC(C)(C)C. The normalized spacial score (nSPS) is 12.0. The van der Waals surface area contributed by atoms with Crippen molar-refractivity contribution in [3.05, 3.63) is 42.2 Å². The minimum Gasteiger partial charge on any atom is -0.443 e. The molecule has 7 heteroatoms. The molecule has 0 saturated carbocycles. The number of nitrogen functional groups attached to an aromatic ring is 1. The number of ether oxygens (including phenoxy) is 1. The molecular formula is C20H20N4O3. The van der Waals surface area contributed by atoms with Gasteiger partial charge in [-0.15, -0.1) is 0 Å². The van der Waals surface area contributed by atoms with Crippen molar-refractivity contribution in [2.75, 3.05) is 5.73 Å². The number of carbonyl (C=O) groups is 1. The molecule has 138 valence electrons. The molecule has 0 fully saturated rings. The van der Waals surface area contributed by atoms with E-state index < -0.39 is 11.7 Å². The van der Waals surface area contributed by atoms with Crippen LogP contribution in [0.3, 0.4) is 0 Å². The number of hydrogen-bond acceptors (Lipinski definition) is 6. The highest BCUT2D eigenvalue weighted by Gasteiger charge is 2.23. The van der Waals surface area contributed by atoms with Gasteiger partial charge in [0.1, 0.15) is 16.8 Å². The predicted molar refractivity (Wildman–Crippen MR) is 104 cm³/mol. The molecule has 3 aromatic heterocycles. The second-order valence-corrected chi connectivity index (χ2v) is 7.45. The zero-order chi connectivity index (χ0) is 19.3. The number of oxazole rings is 1. The van der Waals surface area contributed by atoms with Gasteiger partial charge in [0.25, 0.3) is 6.01 Å². The van der Waals surface area contributed by atoms with Crippen molar-refractivity contribution in [3.63, 3.8) is 0 Å². The monoisotopic (exact) mass is 364 g/mol. The Kier molecular flexibility index (Phi) is 3.69. The summed E-state index contributed by atoms with van der Waals surface area (Å²) in [6.07, 6.45) is 2.97. The van der Waals surface area contributed by atoms with Gasteiger partial charge in [-0.25, -0.2) is 14.3 Å². The third-order valence-electron chi connectivity index (χ3n) is 4.20. The summed E-state index contributed by atoms with van der Waals surface area (Å²) < 4.78 is 12.3. The van der Waals surface area contributed by atoms with E-state index in [1.807, 2.05) is 52.0 Å². The highest BCUT2D eigenvalue weighted by atomic mass is 16.6. The fourth-order valence-corrected chi connectivity index (χ4v) is 3.10. The van der Waals surface area contributed by atoms with Crippen LogP contribution in [0.25, 0.3) is 33.3 Å². The zero-order valence-electron chi connectivity index (χ0n) is 15.6. The van der Waals surface area contributed by atoms with Gasteiger partial charge in [0, 0.05) is 23.3 Å². The molecule has 2 N–H and O–H groups in total. The molecular weight excluding hydrogens is 344 g/mol. The summed E-state index contributed by atoms with van der Waals surface area (Å²) in [6, 6.07) is 7.65. The molecule has 0 saturated heterocycles. The fraction of sp³-hybridized carbons (Fsp3) is 0.250. The minimum absolute atomic E-state index is 0.121. The summed E-state index contributed by atoms with van der Waals surface area (Å²) in [6.45, 7) is 7.48. The number of benzene rings is 1. The number of anilines is 1. The van der Waals surface area contributed by atoms with Crippen molar-refractivity contribution in [2.24, 2.45) is 0 Å². The average Bonchev–Trinajstić information content (AvgIpc) is 3.13. The van der Waals surface area contributed by atoms with E-state index in [1.165, 1.54) is 4.57 Å². The Morgan fingerprint density at radius 2 is 2.04 bits per heavy atom. The predicted octanol–water partition coefficient (Wildman–Crippen LogP) is 4.52. The van der Waals surface area contributed by atoms with Crippen LogP contribution in [-0.4, -0.2) is 26.2 Å². The second-order valence-electron chi connectivity index (χ2n) is 7.45. The Morgan fingerprint density at radius 3 is 2.78 bits per heavy atom. The largest absolute Gasteiger partial charge is 0.443 e. The van der Waals surface area contributed by atoms with E-state index in [2.05, 4.69) is 9.97 Å². The van der Waals surface area contributed by atoms with E-state index in [9.17, 15) is 4.79 Å². The molecule has 0 amide bonds. The van der Waals surface area contributed by atoms with Crippen LogP contribution in [0.15, 0.2) is 41.1 Å². The molecule has 0 atom stereocenters. The first-order chi connectivity index (χ1) is 12.7. The number of nitrogens with two attached hydrogens (primary N) is 1. The molecule has 0 aliphatic carbocycles. The van der Waals surface area contributed by atoms with Gasteiger partial charge in [-0.05, 0) is 57.0 Å². The average molecular weight is 364 g/mol. The lowest BCUT2D eigenvalue weighted by Gasteiger charge is -2.19. The first-order valence-electron chi connectivity index (χ1n) is 8.59. The number of aromatic nitrogens is 3. The molecule has 3 heterocycles. The van der Waals surface area contributed by atoms with Crippen molar-refractivity contribution in [3.8, 4) is 11.1 Å². The van der Waals surface area contributed by atoms with Crippen molar-refractivity contribution in [2.45, 2.75) is 33.3 Å². The van der Waals surface area contributed by atoms with E-state index in [0.29, 0.717) is 16.7 Å². The standard InChI is InChI=1S/C20H20N4O3/c1-11-7-8-22-17-16(11)13(10-24(17)19(25)27-20(2,3)4)12-5-6-15-14(9-12)23-18(21)26-15/h5-10H,1-4H3,(H2,21,23). The second kappa shape index (κ2) is 5.84. The summed E-state index contributed by atoms with van der Waals surface area (Å²) in [7, 11) is 0. The Morgan fingerprint density at radius 1 is 1.26 bits per heavy atom. The molecule has 0 aliphatic heterocycles. The number of pyridine rings is 1. The van der Waals surface area contributed by atoms with E-state index >= 15 is 0 Å². The van der Waals surface area contributed by atoms with Crippen LogP contribution in [0.5, 0.6) is 0 Å². The molecule has 0 spiro atoms. The van der Waals surface area contributed by atoms with Gasteiger partial charge < -0.3 is 14.9 Å². The van der Waals surface area contributed by atoms with Gasteiger partial charge in [-0.2, -0.15) is 4.98 Å². The Balaban J connectivity index is 1.93. The van der Waals surface area contributed by atoms with E-state index in [-0.39, 0.29) is 6.01 Å². The Hall–Kier alpha value is -3.35. The zero-order valence-corrected chi connectivity index (χ0v) is 15.6. The highest BCUT2D eigenvalue weighted by molar-refractivity contribution is 6.01. The summed E-state index contributed by atoms with van der Waals surface area (Å²) >= 11 is 0. The Labute approximate surface area is 155 Å². The van der Waals surface area contributed by atoms with Gasteiger partial charge in [0.2, 0.25) is 0 Å². The van der Waals surface area contributed by atoms with Crippen molar-refractivity contribution < 1.29 is 13.9 Å². The fourth-order valence-electron chi connectivity index (χ4n) is 3.10. The van der Waals surface area contributed by atoms with E-state index in [4.69, 9.17) is 14.9 Å². The minimum atomic E-state index is -0.602. The number of fused-ring (bicyclic) bond motifs is 2. The molecule has 0 unspecified atom stereocenters. The molecule has 0 radical (unpaired) electrons. The Bertz CT molecular complexity index is 1180. The molecule has 1 aromatic carbocycles. The third kappa shape index (κ3) is 3.01. The van der Waals surface area contributed by atoms with Crippen molar-refractivity contribution in [1.82, 2.24) is 14.5 Å². The summed E-state index contributed by atoms with van der Waals surface area (Å²) in [5.41, 5.74) is 9.63. The van der Waals surface area contributed by atoms with Crippen LogP contribution < -0.4 is 5.73 Å². The third-order valence-corrected chi connectivity index (χ3v) is 4.20. The number of aryl methyl sites for hydroxylation is 1. The maximum atomic E-state index is 12.7. The molecule has 0 aliphatic rings. The van der Waals surface area contributed by atoms with Crippen LogP contribution in [0.4, 0.5) is 10.8 Å². The van der Waals surface area contributed by atoms with Gasteiger partial charge >= 0.3 is 6.09 Å². The summed E-state index contributed by atoms with van der Waals surface area (Å²) in [4.78, 5) is 21.3. The number of rotatable bonds is 1. The lowest BCUT2D eigenvalue weighted by molar-refractivity contribution is 0.0544. The molecule has 4 aromatic rings. The number of hydrogen-bond donors (Lipinski definition) is 1. The first-order valence-corrected chi connectivity index (χ1v) is 8.59. The molecule has 0 bridgehead atoms. The number of nitrogens with zero attached hydrogens (tertiary/aromatic N) is 3. The van der Waals surface area contributed by atoms with E-state index in [0.717, 1.165) is 22.1 Å². The van der Waals surface area contributed by atoms with Gasteiger partial charge in [0.15, 0.2) is 5.58 Å². The van der Waals surface area contributed by atoms with Gasteiger partial charge in [-0.1, -0.05) is 6.07 Å².